The summed E-state index contributed by atoms with van der Waals surface area (Å²) in [5.74, 6) is 1.98. The molecule has 4 rings (SSSR count). The molecule has 3 aliphatic rings. The van der Waals surface area contributed by atoms with Crippen molar-refractivity contribution < 1.29 is 4.79 Å². The van der Waals surface area contributed by atoms with Crippen LogP contribution in [0.4, 0.5) is 5.69 Å². The summed E-state index contributed by atoms with van der Waals surface area (Å²) in [6, 6.07) is 11.4. The molecular formula is C29H48N4O. The third-order valence-corrected chi connectivity index (χ3v) is 9.01. The Hall–Kier alpha value is -1.59. The van der Waals surface area contributed by atoms with Gasteiger partial charge in [-0.2, -0.15) is 0 Å². The van der Waals surface area contributed by atoms with Gasteiger partial charge in [0.1, 0.15) is 11.7 Å². The van der Waals surface area contributed by atoms with E-state index < -0.39 is 0 Å². The largest absolute Gasteiger partial charge is 0.336 e. The summed E-state index contributed by atoms with van der Waals surface area (Å²) in [4.78, 5) is 18.7. The first-order valence-electron chi connectivity index (χ1n) is 14.1. The Morgan fingerprint density at radius 1 is 1.00 bits per heavy atom. The van der Waals surface area contributed by atoms with E-state index in [1.165, 1.54) is 57.1 Å². The van der Waals surface area contributed by atoms with Crippen LogP contribution in [0.15, 0.2) is 30.3 Å². The van der Waals surface area contributed by atoms with Crippen LogP contribution in [0.5, 0.6) is 0 Å². The van der Waals surface area contributed by atoms with Gasteiger partial charge in [0.2, 0.25) is 5.91 Å². The summed E-state index contributed by atoms with van der Waals surface area (Å²) < 4.78 is 0. The van der Waals surface area contributed by atoms with E-state index in [4.69, 9.17) is 0 Å². The van der Waals surface area contributed by atoms with E-state index in [-0.39, 0.29) is 17.6 Å². The summed E-state index contributed by atoms with van der Waals surface area (Å²) in [6.07, 6.45) is 13.3. The minimum absolute atomic E-state index is 0.118. The number of benzene rings is 1. The lowest BCUT2D eigenvalue weighted by atomic mass is 9.78. The molecule has 0 bridgehead atoms. The molecule has 0 radical (unpaired) electrons. The first-order valence-corrected chi connectivity index (χ1v) is 14.1. The molecular weight excluding hydrogens is 420 g/mol. The van der Waals surface area contributed by atoms with Gasteiger partial charge in [-0.3, -0.25) is 4.79 Å². The first-order chi connectivity index (χ1) is 16.5. The number of hydrogen-bond acceptors (Lipinski definition) is 4. The number of carbonyl (C=O) groups excluding carboxylic acids is 1. The van der Waals surface area contributed by atoms with Gasteiger partial charge in [0.15, 0.2) is 0 Å². The Labute approximate surface area is 208 Å². The lowest BCUT2D eigenvalue weighted by Crippen LogP contribution is -2.59. The minimum atomic E-state index is -0.385. The molecule has 2 N–H and O–H groups in total. The smallest absolute Gasteiger partial charge is 0.247 e. The highest BCUT2D eigenvalue weighted by Crippen LogP contribution is 2.41. The standard InChI is InChI=1S/C29H48N4O/c1-23(2)24-14-16-25(17-15-24)32-21-18-29(19-22-32)28(34)31-27(13-9-4-5-10-20-30-3)33(29)26-11-7-6-8-12-26/h6-8,11-12,23-25,27,30H,4-5,9-10,13-22H2,1-3H3,(H,31,34). The Kier molecular flexibility index (Phi) is 8.92. The number of para-hydroxylation sites is 1. The lowest BCUT2D eigenvalue weighted by molar-refractivity contribution is -0.125. The molecule has 1 spiro atoms. The molecule has 1 aromatic rings. The van der Waals surface area contributed by atoms with Crippen molar-refractivity contribution >= 4 is 11.6 Å². The second-order valence-corrected chi connectivity index (χ2v) is 11.4. The number of rotatable bonds is 10. The monoisotopic (exact) mass is 468 g/mol. The van der Waals surface area contributed by atoms with E-state index in [9.17, 15) is 4.79 Å². The fourth-order valence-corrected chi connectivity index (χ4v) is 6.83. The van der Waals surface area contributed by atoms with E-state index in [1.807, 2.05) is 7.05 Å². The average molecular weight is 469 g/mol. The number of piperidine rings is 1. The fourth-order valence-electron chi connectivity index (χ4n) is 6.83. The van der Waals surface area contributed by atoms with E-state index in [0.717, 1.165) is 56.8 Å². The van der Waals surface area contributed by atoms with Crippen molar-refractivity contribution in [2.45, 2.75) is 102 Å². The second-order valence-electron chi connectivity index (χ2n) is 11.4. The summed E-state index contributed by atoms with van der Waals surface area (Å²) in [7, 11) is 2.02. The summed E-state index contributed by atoms with van der Waals surface area (Å²) in [5, 5.41) is 6.67. The SMILES string of the molecule is CNCCCCCCC1NC(=O)C2(CCN(C3CCC(C(C)C)CC3)CC2)N1c1ccccc1. The predicted molar refractivity (Wildman–Crippen MR) is 142 cm³/mol. The number of likely N-dealkylation sites (tertiary alicyclic amines) is 1. The van der Waals surface area contributed by atoms with E-state index >= 15 is 0 Å². The minimum Gasteiger partial charge on any atom is -0.336 e. The maximum Gasteiger partial charge on any atom is 0.247 e. The maximum absolute atomic E-state index is 13.5. The van der Waals surface area contributed by atoms with Gasteiger partial charge in [0, 0.05) is 24.8 Å². The molecule has 0 aromatic heterocycles. The third-order valence-electron chi connectivity index (χ3n) is 9.01. The molecule has 2 aliphatic heterocycles. The van der Waals surface area contributed by atoms with Crippen molar-refractivity contribution in [1.29, 1.82) is 0 Å². The number of amides is 1. The van der Waals surface area contributed by atoms with Crippen molar-refractivity contribution in [1.82, 2.24) is 15.5 Å². The van der Waals surface area contributed by atoms with E-state index in [2.05, 4.69) is 64.6 Å². The number of hydrogen-bond donors (Lipinski definition) is 2. The quantitative estimate of drug-likeness (QED) is 0.465. The van der Waals surface area contributed by atoms with Gasteiger partial charge in [-0.1, -0.05) is 44.9 Å². The zero-order valence-corrected chi connectivity index (χ0v) is 21.9. The second kappa shape index (κ2) is 11.9. The molecule has 1 aromatic carbocycles. The Bertz CT molecular complexity index is 751. The number of nitrogens with zero attached hydrogens (tertiary/aromatic N) is 2. The zero-order valence-electron chi connectivity index (χ0n) is 21.9. The molecule has 1 atom stereocenters. The Morgan fingerprint density at radius 3 is 2.32 bits per heavy atom. The van der Waals surface area contributed by atoms with Crippen LogP contribution < -0.4 is 15.5 Å². The van der Waals surface area contributed by atoms with Crippen LogP contribution in [0.1, 0.15) is 84.5 Å². The molecule has 1 aliphatic carbocycles. The molecule has 2 heterocycles. The Morgan fingerprint density at radius 2 is 1.68 bits per heavy atom. The molecule has 1 unspecified atom stereocenters. The molecule has 5 heteroatoms. The fraction of sp³-hybridized carbons (Fsp3) is 0.759. The topological polar surface area (TPSA) is 47.6 Å². The number of anilines is 1. The van der Waals surface area contributed by atoms with E-state index in [1.54, 1.807) is 0 Å². The van der Waals surface area contributed by atoms with Gasteiger partial charge in [0.25, 0.3) is 0 Å². The van der Waals surface area contributed by atoms with Crippen molar-refractivity contribution in [2.75, 3.05) is 31.6 Å². The van der Waals surface area contributed by atoms with Crippen molar-refractivity contribution in [3.63, 3.8) is 0 Å². The van der Waals surface area contributed by atoms with Crippen LogP contribution in [-0.2, 0) is 4.79 Å². The van der Waals surface area contributed by atoms with Crippen LogP contribution in [-0.4, -0.2) is 55.2 Å². The van der Waals surface area contributed by atoms with Gasteiger partial charge < -0.3 is 20.4 Å². The molecule has 3 fully saturated rings. The molecule has 1 saturated carbocycles. The molecule has 5 nitrogen and oxygen atoms in total. The van der Waals surface area contributed by atoms with Crippen LogP contribution in [0.3, 0.4) is 0 Å². The van der Waals surface area contributed by atoms with Gasteiger partial charge >= 0.3 is 0 Å². The molecule has 2 saturated heterocycles. The van der Waals surface area contributed by atoms with Crippen molar-refractivity contribution in [2.24, 2.45) is 11.8 Å². The van der Waals surface area contributed by atoms with Crippen LogP contribution in [0, 0.1) is 11.8 Å². The number of unbranched alkanes of at least 4 members (excludes halogenated alkanes) is 3. The highest BCUT2D eigenvalue weighted by atomic mass is 16.2. The van der Waals surface area contributed by atoms with Gasteiger partial charge in [-0.15, -0.1) is 0 Å². The number of nitrogens with one attached hydrogen (secondary N) is 2. The first kappa shape index (κ1) is 25.5. The highest BCUT2D eigenvalue weighted by molar-refractivity contribution is 5.94. The average Bonchev–Trinajstić information content (AvgIpc) is 3.12. The zero-order chi connectivity index (χ0) is 24.0. The third kappa shape index (κ3) is 5.62. The molecule has 34 heavy (non-hydrogen) atoms. The van der Waals surface area contributed by atoms with Crippen molar-refractivity contribution in [3.05, 3.63) is 30.3 Å². The van der Waals surface area contributed by atoms with Gasteiger partial charge in [0.05, 0.1) is 0 Å². The predicted octanol–water partition coefficient (Wildman–Crippen LogP) is 5.17. The lowest BCUT2D eigenvalue weighted by Gasteiger charge is -2.48. The van der Waals surface area contributed by atoms with Crippen LogP contribution in [0.25, 0.3) is 0 Å². The van der Waals surface area contributed by atoms with Crippen molar-refractivity contribution in [3.8, 4) is 0 Å². The van der Waals surface area contributed by atoms with Gasteiger partial charge in [-0.25, -0.2) is 0 Å². The summed E-state index contributed by atoms with van der Waals surface area (Å²) >= 11 is 0. The Balaban J connectivity index is 1.40. The maximum atomic E-state index is 13.5. The molecule has 1 amide bonds. The summed E-state index contributed by atoms with van der Waals surface area (Å²) in [6.45, 7) is 7.95. The van der Waals surface area contributed by atoms with E-state index in [0.29, 0.717) is 0 Å². The van der Waals surface area contributed by atoms with Gasteiger partial charge in [-0.05, 0) is 95.3 Å². The normalized spacial score (nSPS) is 27.5. The summed E-state index contributed by atoms with van der Waals surface area (Å²) in [5.41, 5.74) is 0.816. The van der Waals surface area contributed by atoms with Crippen LogP contribution >= 0.6 is 0 Å². The number of carbonyl (C=O) groups is 1. The van der Waals surface area contributed by atoms with Crippen LogP contribution in [0.2, 0.25) is 0 Å². The highest BCUT2D eigenvalue weighted by Gasteiger charge is 2.54. The molecule has 190 valence electrons.